The van der Waals surface area contributed by atoms with Gasteiger partial charge < -0.3 is 20.8 Å². The number of ether oxygens (including phenoxy) is 1. The molecule has 21 heavy (non-hydrogen) atoms. The van der Waals surface area contributed by atoms with E-state index >= 15 is 0 Å². The monoisotopic (exact) mass is 293 g/mol. The highest BCUT2D eigenvalue weighted by Crippen LogP contribution is 2.22. The number of rotatable bonds is 4. The molecule has 0 aromatic heterocycles. The molecule has 116 valence electrons. The van der Waals surface area contributed by atoms with E-state index in [-0.39, 0.29) is 24.1 Å². The minimum atomic E-state index is -0.264. The van der Waals surface area contributed by atoms with E-state index in [1.807, 2.05) is 38.1 Å². The Balaban J connectivity index is 2.03. The van der Waals surface area contributed by atoms with Gasteiger partial charge in [0.05, 0.1) is 18.3 Å². The number of amidine groups is 1. The SMILES string of the molecule is CC1(C)CN(Cc2ccc(/C(N)=N/O)cc2)CC(CO)O1. The number of oxime groups is 1. The van der Waals surface area contributed by atoms with Crippen LogP contribution in [0, 0.1) is 0 Å². The van der Waals surface area contributed by atoms with E-state index in [1.54, 1.807) is 0 Å². The molecule has 1 heterocycles. The van der Waals surface area contributed by atoms with E-state index in [0.717, 1.165) is 18.7 Å². The molecule has 6 heteroatoms. The van der Waals surface area contributed by atoms with Crippen molar-refractivity contribution in [3.8, 4) is 0 Å². The van der Waals surface area contributed by atoms with Crippen LogP contribution >= 0.6 is 0 Å². The fraction of sp³-hybridized carbons (Fsp3) is 0.533. The second-order valence-corrected chi connectivity index (χ2v) is 6.03. The third-order valence-corrected chi connectivity index (χ3v) is 3.52. The van der Waals surface area contributed by atoms with Crippen LogP contribution < -0.4 is 5.73 Å². The van der Waals surface area contributed by atoms with Crippen molar-refractivity contribution in [2.45, 2.75) is 32.1 Å². The Bertz CT molecular complexity index is 499. The largest absolute Gasteiger partial charge is 0.409 e. The molecule has 0 spiro atoms. The molecule has 0 amide bonds. The molecular weight excluding hydrogens is 270 g/mol. The fourth-order valence-corrected chi connectivity index (χ4v) is 2.73. The van der Waals surface area contributed by atoms with E-state index in [4.69, 9.17) is 15.7 Å². The van der Waals surface area contributed by atoms with Crippen molar-refractivity contribution in [2.75, 3.05) is 19.7 Å². The summed E-state index contributed by atoms with van der Waals surface area (Å²) in [5.41, 5.74) is 7.11. The van der Waals surface area contributed by atoms with E-state index < -0.39 is 0 Å². The van der Waals surface area contributed by atoms with Crippen molar-refractivity contribution < 1.29 is 15.1 Å². The van der Waals surface area contributed by atoms with Crippen LogP contribution in [0.5, 0.6) is 0 Å². The van der Waals surface area contributed by atoms with Crippen LogP contribution in [0.4, 0.5) is 0 Å². The summed E-state index contributed by atoms with van der Waals surface area (Å²) in [6.07, 6.45) is -0.148. The van der Waals surface area contributed by atoms with Gasteiger partial charge in [-0.1, -0.05) is 29.4 Å². The molecule has 1 fully saturated rings. The Hall–Kier alpha value is -1.63. The highest BCUT2D eigenvalue weighted by Gasteiger charge is 2.32. The maximum atomic E-state index is 9.33. The molecule has 2 rings (SSSR count). The first-order valence-corrected chi connectivity index (χ1v) is 7.01. The maximum absolute atomic E-state index is 9.33. The van der Waals surface area contributed by atoms with Crippen LogP contribution in [-0.2, 0) is 11.3 Å². The average Bonchev–Trinajstić information content (AvgIpc) is 2.45. The molecule has 4 N–H and O–H groups in total. The van der Waals surface area contributed by atoms with Gasteiger partial charge in [0.2, 0.25) is 0 Å². The Kier molecular flexibility index (Phi) is 4.82. The lowest BCUT2D eigenvalue weighted by molar-refractivity contribution is -0.150. The number of hydrogen-bond donors (Lipinski definition) is 3. The number of morpholine rings is 1. The summed E-state index contributed by atoms with van der Waals surface area (Å²) in [7, 11) is 0. The molecule has 0 aliphatic carbocycles. The molecule has 1 aliphatic rings. The molecule has 1 unspecified atom stereocenters. The van der Waals surface area contributed by atoms with E-state index in [2.05, 4.69) is 10.1 Å². The van der Waals surface area contributed by atoms with Crippen LogP contribution in [0.25, 0.3) is 0 Å². The van der Waals surface area contributed by atoms with Crippen LogP contribution in [0.2, 0.25) is 0 Å². The highest BCUT2D eigenvalue weighted by atomic mass is 16.5. The number of nitrogens with zero attached hydrogens (tertiary/aromatic N) is 2. The van der Waals surface area contributed by atoms with Crippen molar-refractivity contribution in [3.05, 3.63) is 35.4 Å². The summed E-state index contributed by atoms with van der Waals surface area (Å²) < 4.78 is 5.80. The van der Waals surface area contributed by atoms with Crippen molar-refractivity contribution in [3.63, 3.8) is 0 Å². The number of hydrogen-bond acceptors (Lipinski definition) is 5. The first kappa shape index (κ1) is 15.8. The predicted octanol–water partition coefficient (Wildman–Crippen LogP) is 0.753. The minimum absolute atomic E-state index is 0.0301. The lowest BCUT2D eigenvalue weighted by Crippen LogP contribution is -2.53. The number of benzene rings is 1. The first-order valence-electron chi connectivity index (χ1n) is 7.01. The van der Waals surface area contributed by atoms with E-state index in [0.29, 0.717) is 12.1 Å². The summed E-state index contributed by atoms with van der Waals surface area (Å²) in [4.78, 5) is 2.27. The lowest BCUT2D eigenvalue weighted by Gasteiger charge is -2.42. The van der Waals surface area contributed by atoms with Crippen molar-refractivity contribution in [1.29, 1.82) is 0 Å². The second-order valence-electron chi connectivity index (χ2n) is 6.03. The van der Waals surface area contributed by atoms with Crippen LogP contribution in [0.3, 0.4) is 0 Å². The molecule has 0 bridgehead atoms. The summed E-state index contributed by atoms with van der Waals surface area (Å²) in [5, 5.41) is 21.0. The highest BCUT2D eigenvalue weighted by molar-refractivity contribution is 5.96. The standard InChI is InChI=1S/C15H23N3O3/c1-15(2)10-18(8-13(9-19)21-15)7-11-3-5-12(6-4-11)14(16)17-20/h3-6,13,19-20H,7-10H2,1-2H3,(H2,16,17). The van der Waals surface area contributed by atoms with Gasteiger partial charge in [-0.25, -0.2) is 0 Å². The molecule has 1 aliphatic heterocycles. The Morgan fingerprint density at radius 2 is 2.10 bits per heavy atom. The number of nitrogens with two attached hydrogens (primary N) is 1. The van der Waals surface area contributed by atoms with Gasteiger partial charge in [-0.15, -0.1) is 0 Å². The van der Waals surface area contributed by atoms with Crippen LogP contribution in [0.1, 0.15) is 25.0 Å². The first-order chi connectivity index (χ1) is 9.93. The van der Waals surface area contributed by atoms with Gasteiger partial charge in [0, 0.05) is 25.2 Å². The molecule has 1 aromatic carbocycles. The third kappa shape index (κ3) is 4.17. The molecule has 1 saturated heterocycles. The van der Waals surface area contributed by atoms with Crippen LogP contribution in [0.15, 0.2) is 29.4 Å². The zero-order valence-corrected chi connectivity index (χ0v) is 12.5. The van der Waals surface area contributed by atoms with Gasteiger partial charge in [0.1, 0.15) is 0 Å². The third-order valence-electron chi connectivity index (χ3n) is 3.52. The van der Waals surface area contributed by atoms with Crippen molar-refractivity contribution >= 4 is 5.84 Å². The van der Waals surface area contributed by atoms with E-state index in [9.17, 15) is 5.11 Å². The van der Waals surface area contributed by atoms with Gasteiger partial charge in [0.15, 0.2) is 5.84 Å². The van der Waals surface area contributed by atoms with Gasteiger partial charge in [0.25, 0.3) is 0 Å². The quantitative estimate of drug-likeness (QED) is 0.330. The molecule has 1 atom stereocenters. The maximum Gasteiger partial charge on any atom is 0.170 e. The fourth-order valence-electron chi connectivity index (χ4n) is 2.73. The number of aliphatic hydroxyl groups is 1. The molecule has 6 nitrogen and oxygen atoms in total. The van der Waals surface area contributed by atoms with Gasteiger partial charge in [-0.2, -0.15) is 0 Å². The molecule has 0 saturated carbocycles. The number of aliphatic hydroxyl groups excluding tert-OH is 1. The normalized spacial score (nSPS) is 23.2. The summed E-state index contributed by atoms with van der Waals surface area (Å²) in [6, 6.07) is 7.59. The zero-order valence-electron chi connectivity index (χ0n) is 12.5. The minimum Gasteiger partial charge on any atom is -0.409 e. The van der Waals surface area contributed by atoms with E-state index in [1.165, 1.54) is 0 Å². The smallest absolute Gasteiger partial charge is 0.170 e. The molecular formula is C15H23N3O3. The zero-order chi connectivity index (χ0) is 15.5. The van der Waals surface area contributed by atoms with Crippen molar-refractivity contribution in [2.24, 2.45) is 10.9 Å². The van der Waals surface area contributed by atoms with Crippen molar-refractivity contribution in [1.82, 2.24) is 4.90 Å². The Labute approximate surface area is 124 Å². The average molecular weight is 293 g/mol. The molecule has 1 aromatic rings. The second kappa shape index (κ2) is 6.43. The van der Waals surface area contributed by atoms with Gasteiger partial charge >= 0.3 is 0 Å². The summed E-state index contributed by atoms with van der Waals surface area (Å²) in [6.45, 7) is 6.39. The van der Waals surface area contributed by atoms with Crippen LogP contribution in [-0.4, -0.2) is 52.5 Å². The van der Waals surface area contributed by atoms with Gasteiger partial charge in [-0.3, -0.25) is 4.90 Å². The lowest BCUT2D eigenvalue weighted by atomic mass is 10.0. The Morgan fingerprint density at radius 3 is 2.67 bits per heavy atom. The summed E-state index contributed by atoms with van der Waals surface area (Å²) in [5.74, 6) is 0.106. The topological polar surface area (TPSA) is 91.3 Å². The van der Waals surface area contributed by atoms with Gasteiger partial charge in [-0.05, 0) is 19.4 Å². The Morgan fingerprint density at radius 1 is 1.43 bits per heavy atom. The molecule has 0 radical (unpaired) electrons. The predicted molar refractivity (Wildman–Crippen MR) is 80.3 cm³/mol. The summed E-state index contributed by atoms with van der Waals surface area (Å²) >= 11 is 0.